The smallest absolute Gasteiger partial charge is 0.0793 e. The minimum Gasteiger partial charge on any atom is -0.388 e. The maximum Gasteiger partial charge on any atom is 0.0793 e. The minimum atomic E-state index is -0.405. The second-order valence-corrected chi connectivity index (χ2v) is 5.19. The standard InChI is InChI=1S/C8H16OS/c1-7(2,3)8(9)4-5-10-6-8/h9H,4-6H2,1-3H3. The van der Waals surface area contributed by atoms with Crippen LogP contribution in [0.4, 0.5) is 0 Å². The lowest BCUT2D eigenvalue weighted by Crippen LogP contribution is -2.42. The Labute approximate surface area is 67.2 Å². The molecule has 0 spiro atoms. The molecule has 1 unspecified atom stereocenters. The van der Waals surface area contributed by atoms with Crippen LogP contribution < -0.4 is 0 Å². The van der Waals surface area contributed by atoms with Gasteiger partial charge in [0, 0.05) is 5.75 Å². The van der Waals surface area contributed by atoms with Gasteiger partial charge in [-0.1, -0.05) is 20.8 Å². The average molecular weight is 160 g/mol. The molecule has 0 radical (unpaired) electrons. The third-order valence-corrected chi connectivity index (χ3v) is 3.57. The van der Waals surface area contributed by atoms with Gasteiger partial charge < -0.3 is 5.11 Å². The molecule has 2 heteroatoms. The lowest BCUT2D eigenvalue weighted by atomic mass is 9.76. The van der Waals surface area contributed by atoms with E-state index in [0.29, 0.717) is 0 Å². The van der Waals surface area contributed by atoms with Crippen LogP contribution in [-0.2, 0) is 0 Å². The van der Waals surface area contributed by atoms with Gasteiger partial charge in [0.25, 0.3) is 0 Å². The highest BCUT2D eigenvalue weighted by molar-refractivity contribution is 7.99. The van der Waals surface area contributed by atoms with E-state index >= 15 is 0 Å². The van der Waals surface area contributed by atoms with Gasteiger partial charge >= 0.3 is 0 Å². The predicted octanol–water partition coefficient (Wildman–Crippen LogP) is 1.90. The van der Waals surface area contributed by atoms with Crippen molar-refractivity contribution in [3.05, 3.63) is 0 Å². The van der Waals surface area contributed by atoms with Crippen LogP contribution in [-0.4, -0.2) is 22.2 Å². The number of rotatable bonds is 0. The summed E-state index contributed by atoms with van der Waals surface area (Å²) in [6.07, 6.45) is 0.959. The van der Waals surface area contributed by atoms with E-state index in [0.717, 1.165) is 17.9 Å². The minimum absolute atomic E-state index is 0.0521. The first-order valence-corrected chi connectivity index (χ1v) is 4.91. The molecule has 10 heavy (non-hydrogen) atoms. The third-order valence-electron chi connectivity index (χ3n) is 2.40. The molecule has 1 atom stereocenters. The van der Waals surface area contributed by atoms with Crippen molar-refractivity contribution in [2.24, 2.45) is 5.41 Å². The molecule has 60 valence electrons. The number of thioether (sulfide) groups is 1. The molecule has 1 aliphatic heterocycles. The third kappa shape index (κ3) is 1.32. The van der Waals surface area contributed by atoms with Crippen LogP contribution in [0.3, 0.4) is 0 Å². The molecule has 0 aromatic heterocycles. The largest absolute Gasteiger partial charge is 0.388 e. The summed E-state index contributed by atoms with van der Waals surface area (Å²) in [4.78, 5) is 0. The van der Waals surface area contributed by atoms with Crippen LogP contribution in [0.15, 0.2) is 0 Å². The van der Waals surface area contributed by atoms with Gasteiger partial charge in [-0.05, 0) is 17.6 Å². The molecule has 1 aliphatic rings. The van der Waals surface area contributed by atoms with E-state index in [1.807, 2.05) is 11.8 Å². The summed E-state index contributed by atoms with van der Waals surface area (Å²) in [7, 11) is 0. The summed E-state index contributed by atoms with van der Waals surface area (Å²) in [6.45, 7) is 6.33. The first-order valence-electron chi connectivity index (χ1n) is 3.76. The molecular weight excluding hydrogens is 144 g/mol. The van der Waals surface area contributed by atoms with Crippen molar-refractivity contribution < 1.29 is 5.11 Å². The molecule has 0 aromatic rings. The summed E-state index contributed by atoms with van der Waals surface area (Å²) < 4.78 is 0. The van der Waals surface area contributed by atoms with E-state index < -0.39 is 5.60 Å². The Morgan fingerprint density at radius 3 is 2.20 bits per heavy atom. The molecule has 0 aliphatic carbocycles. The molecule has 1 nitrogen and oxygen atoms in total. The lowest BCUT2D eigenvalue weighted by Gasteiger charge is -2.36. The molecule has 1 heterocycles. The van der Waals surface area contributed by atoms with Gasteiger partial charge in [0.1, 0.15) is 0 Å². The van der Waals surface area contributed by atoms with Crippen molar-refractivity contribution in [3.63, 3.8) is 0 Å². The van der Waals surface area contributed by atoms with Crippen LogP contribution in [0.2, 0.25) is 0 Å². The van der Waals surface area contributed by atoms with Crippen LogP contribution in [0, 0.1) is 5.41 Å². The number of hydrogen-bond acceptors (Lipinski definition) is 2. The summed E-state index contributed by atoms with van der Waals surface area (Å²) in [5, 5.41) is 10.0. The van der Waals surface area contributed by atoms with E-state index in [2.05, 4.69) is 20.8 Å². The highest BCUT2D eigenvalue weighted by atomic mass is 32.2. The molecule has 0 saturated carbocycles. The van der Waals surface area contributed by atoms with Gasteiger partial charge in [-0.15, -0.1) is 0 Å². The van der Waals surface area contributed by atoms with E-state index in [-0.39, 0.29) is 5.41 Å². The fraction of sp³-hybridized carbons (Fsp3) is 1.00. The first kappa shape index (κ1) is 8.41. The summed E-state index contributed by atoms with van der Waals surface area (Å²) in [6, 6.07) is 0. The monoisotopic (exact) mass is 160 g/mol. The van der Waals surface area contributed by atoms with Crippen molar-refractivity contribution in [3.8, 4) is 0 Å². The van der Waals surface area contributed by atoms with Gasteiger partial charge in [-0.25, -0.2) is 0 Å². The molecule has 0 aromatic carbocycles. The predicted molar refractivity (Wildman–Crippen MR) is 46.3 cm³/mol. The zero-order valence-electron chi connectivity index (χ0n) is 6.98. The topological polar surface area (TPSA) is 20.2 Å². The number of aliphatic hydroxyl groups is 1. The Balaban J connectivity index is 2.67. The second-order valence-electron chi connectivity index (χ2n) is 4.08. The van der Waals surface area contributed by atoms with Crippen molar-refractivity contribution in [1.29, 1.82) is 0 Å². The van der Waals surface area contributed by atoms with Crippen LogP contribution in [0.25, 0.3) is 0 Å². The van der Waals surface area contributed by atoms with E-state index in [4.69, 9.17) is 0 Å². The molecular formula is C8H16OS. The molecule has 1 rings (SSSR count). The van der Waals surface area contributed by atoms with Crippen molar-refractivity contribution in [1.82, 2.24) is 0 Å². The van der Waals surface area contributed by atoms with Crippen molar-refractivity contribution in [2.45, 2.75) is 32.8 Å². The van der Waals surface area contributed by atoms with E-state index in [1.165, 1.54) is 0 Å². The van der Waals surface area contributed by atoms with Gasteiger partial charge in [0.15, 0.2) is 0 Å². The average Bonchev–Trinajstić information content (AvgIpc) is 2.13. The van der Waals surface area contributed by atoms with E-state index in [9.17, 15) is 5.11 Å². The van der Waals surface area contributed by atoms with Crippen LogP contribution in [0.5, 0.6) is 0 Å². The lowest BCUT2D eigenvalue weighted by molar-refractivity contribution is -0.0337. The summed E-state index contributed by atoms with van der Waals surface area (Å²) in [5.41, 5.74) is -0.353. The maximum absolute atomic E-state index is 10.0. The Morgan fingerprint density at radius 2 is 2.00 bits per heavy atom. The first-order chi connectivity index (χ1) is 4.46. The molecule has 1 fully saturated rings. The van der Waals surface area contributed by atoms with Gasteiger partial charge in [-0.3, -0.25) is 0 Å². The Morgan fingerprint density at radius 1 is 1.40 bits per heavy atom. The Bertz CT molecular complexity index is 120. The van der Waals surface area contributed by atoms with Crippen molar-refractivity contribution >= 4 is 11.8 Å². The van der Waals surface area contributed by atoms with Gasteiger partial charge in [0.05, 0.1) is 5.60 Å². The Hall–Kier alpha value is 0.310. The van der Waals surface area contributed by atoms with Crippen LogP contribution in [0.1, 0.15) is 27.2 Å². The highest BCUT2D eigenvalue weighted by Crippen LogP contribution is 2.41. The quantitative estimate of drug-likeness (QED) is 0.584. The SMILES string of the molecule is CC(C)(C)C1(O)CCSC1. The molecule has 1 N–H and O–H groups in total. The van der Waals surface area contributed by atoms with E-state index in [1.54, 1.807) is 0 Å². The fourth-order valence-electron chi connectivity index (χ4n) is 1.15. The van der Waals surface area contributed by atoms with Gasteiger partial charge in [0.2, 0.25) is 0 Å². The Kier molecular flexibility index (Phi) is 2.03. The zero-order valence-corrected chi connectivity index (χ0v) is 7.79. The number of hydrogen-bond donors (Lipinski definition) is 1. The fourth-order valence-corrected chi connectivity index (χ4v) is 2.69. The molecule has 0 bridgehead atoms. The maximum atomic E-state index is 10.0. The summed E-state index contributed by atoms with van der Waals surface area (Å²) >= 11 is 1.86. The second kappa shape index (κ2) is 2.42. The molecule has 1 saturated heterocycles. The van der Waals surface area contributed by atoms with Crippen LogP contribution >= 0.6 is 11.8 Å². The molecule has 0 amide bonds. The summed E-state index contributed by atoms with van der Waals surface area (Å²) in [5.74, 6) is 2.03. The van der Waals surface area contributed by atoms with Crippen molar-refractivity contribution in [2.75, 3.05) is 11.5 Å². The zero-order chi connectivity index (χ0) is 7.83. The normalized spacial score (nSPS) is 34.8. The highest BCUT2D eigenvalue weighted by Gasteiger charge is 2.42. The van der Waals surface area contributed by atoms with Gasteiger partial charge in [-0.2, -0.15) is 11.8 Å².